The fraction of sp³-hybridized carbons (Fsp3) is 0.412. The first-order valence-corrected chi connectivity index (χ1v) is 10.0. The summed E-state index contributed by atoms with van der Waals surface area (Å²) in [5.41, 5.74) is 0.881. The van der Waals surface area contributed by atoms with Gasteiger partial charge in [0.15, 0.2) is 21.3 Å². The van der Waals surface area contributed by atoms with E-state index in [1.807, 2.05) is 12.1 Å². The van der Waals surface area contributed by atoms with Gasteiger partial charge >= 0.3 is 0 Å². The Morgan fingerprint density at radius 1 is 1.31 bits per heavy atom. The summed E-state index contributed by atoms with van der Waals surface area (Å²) in [6.07, 6.45) is -0.470. The van der Waals surface area contributed by atoms with Gasteiger partial charge in [0.05, 0.1) is 37.4 Å². The Kier molecular flexibility index (Phi) is 4.20. The Morgan fingerprint density at radius 2 is 2.15 bits per heavy atom. The fourth-order valence-corrected chi connectivity index (χ4v) is 5.27. The summed E-state index contributed by atoms with van der Waals surface area (Å²) in [7, 11) is -1.63. The number of carbonyl (C=O) groups excluding carboxylic acids is 1. The van der Waals surface area contributed by atoms with Gasteiger partial charge in [-0.15, -0.1) is 0 Å². The second-order valence-electron chi connectivity index (χ2n) is 6.36. The summed E-state index contributed by atoms with van der Waals surface area (Å²) in [6, 6.07) is 8.31. The molecule has 0 aliphatic carbocycles. The molecule has 1 amide bonds. The molecule has 0 N–H and O–H groups in total. The van der Waals surface area contributed by atoms with Gasteiger partial charge in [-0.3, -0.25) is 4.79 Å². The zero-order chi connectivity index (χ0) is 18.3. The van der Waals surface area contributed by atoms with E-state index in [1.54, 1.807) is 25.3 Å². The normalized spacial score (nSPS) is 24.3. The third-order valence-electron chi connectivity index (χ3n) is 4.68. The number of benzene rings is 1. The molecule has 9 heteroatoms. The number of aromatic nitrogens is 1. The number of nitrogens with zero attached hydrogens (tertiary/aromatic N) is 2. The maximum Gasteiger partial charge on any atom is 0.276 e. The molecule has 2 aliphatic rings. The quantitative estimate of drug-likeness (QED) is 0.785. The van der Waals surface area contributed by atoms with Crippen molar-refractivity contribution in [3.8, 4) is 17.1 Å². The second-order valence-corrected chi connectivity index (χ2v) is 8.51. The highest BCUT2D eigenvalue weighted by Gasteiger charge is 2.46. The van der Waals surface area contributed by atoms with Crippen molar-refractivity contribution < 1.29 is 27.2 Å². The number of hydrogen-bond donors (Lipinski definition) is 0. The molecule has 0 saturated carbocycles. The van der Waals surface area contributed by atoms with Crippen molar-refractivity contribution in [1.82, 2.24) is 10.1 Å². The van der Waals surface area contributed by atoms with Crippen molar-refractivity contribution >= 4 is 15.7 Å². The largest absolute Gasteiger partial charge is 0.497 e. The minimum absolute atomic E-state index is 0.0463. The number of sulfone groups is 1. The Hall–Kier alpha value is -2.39. The molecule has 3 heterocycles. The van der Waals surface area contributed by atoms with Crippen LogP contribution in [0.4, 0.5) is 0 Å². The maximum absolute atomic E-state index is 12.8. The Bertz CT molecular complexity index is 938. The molecule has 26 heavy (non-hydrogen) atoms. The lowest BCUT2D eigenvalue weighted by molar-refractivity contribution is -0.0364. The monoisotopic (exact) mass is 378 g/mol. The SMILES string of the molecule is COc1cccc(-c2cc(C(=O)N3CCOC4CS(=O)(=O)CC43)no2)c1. The molecule has 4 rings (SSSR count). The van der Waals surface area contributed by atoms with Gasteiger partial charge in [-0.2, -0.15) is 0 Å². The first-order chi connectivity index (χ1) is 12.5. The number of hydrogen-bond acceptors (Lipinski definition) is 7. The molecular weight excluding hydrogens is 360 g/mol. The lowest BCUT2D eigenvalue weighted by atomic mass is 10.1. The van der Waals surface area contributed by atoms with E-state index in [4.69, 9.17) is 14.0 Å². The van der Waals surface area contributed by atoms with Crippen molar-refractivity contribution in [3.05, 3.63) is 36.0 Å². The van der Waals surface area contributed by atoms with Crippen molar-refractivity contribution in [2.75, 3.05) is 31.8 Å². The summed E-state index contributed by atoms with van der Waals surface area (Å²) >= 11 is 0. The third kappa shape index (κ3) is 3.08. The first kappa shape index (κ1) is 17.0. The molecule has 0 radical (unpaired) electrons. The lowest BCUT2D eigenvalue weighted by Crippen LogP contribution is -2.53. The van der Waals surface area contributed by atoms with E-state index < -0.39 is 22.0 Å². The van der Waals surface area contributed by atoms with Gasteiger partial charge in [-0.05, 0) is 12.1 Å². The van der Waals surface area contributed by atoms with Crippen LogP contribution < -0.4 is 4.74 Å². The molecule has 0 bridgehead atoms. The van der Waals surface area contributed by atoms with Crippen LogP contribution in [0.5, 0.6) is 5.75 Å². The van der Waals surface area contributed by atoms with Crippen LogP contribution in [-0.4, -0.2) is 68.3 Å². The van der Waals surface area contributed by atoms with E-state index in [1.165, 1.54) is 4.90 Å². The number of rotatable bonds is 3. The number of carbonyl (C=O) groups is 1. The predicted octanol–water partition coefficient (Wildman–Crippen LogP) is 0.988. The van der Waals surface area contributed by atoms with E-state index in [9.17, 15) is 13.2 Å². The number of morpholine rings is 1. The first-order valence-electron chi connectivity index (χ1n) is 8.21. The molecule has 2 unspecified atom stereocenters. The maximum atomic E-state index is 12.8. The summed E-state index contributed by atoms with van der Waals surface area (Å²) in [6.45, 7) is 0.639. The molecule has 8 nitrogen and oxygen atoms in total. The lowest BCUT2D eigenvalue weighted by Gasteiger charge is -2.36. The molecule has 2 atom stereocenters. The highest BCUT2D eigenvalue weighted by molar-refractivity contribution is 7.91. The van der Waals surface area contributed by atoms with Crippen LogP contribution in [0.3, 0.4) is 0 Å². The minimum atomic E-state index is -3.20. The van der Waals surface area contributed by atoms with Crippen LogP contribution in [0.15, 0.2) is 34.9 Å². The van der Waals surface area contributed by atoms with Gasteiger partial charge in [0.1, 0.15) is 5.75 Å². The third-order valence-corrected chi connectivity index (χ3v) is 6.37. The van der Waals surface area contributed by atoms with Gasteiger partial charge in [0, 0.05) is 18.2 Å². The number of amides is 1. The number of ether oxygens (including phenoxy) is 2. The minimum Gasteiger partial charge on any atom is -0.497 e. The number of fused-ring (bicyclic) bond motifs is 1. The van der Waals surface area contributed by atoms with Gasteiger partial charge in [-0.1, -0.05) is 17.3 Å². The fourth-order valence-electron chi connectivity index (χ4n) is 3.40. The van der Waals surface area contributed by atoms with E-state index in [0.29, 0.717) is 24.7 Å². The molecule has 1 aromatic heterocycles. The van der Waals surface area contributed by atoms with Crippen LogP contribution in [0, 0.1) is 0 Å². The zero-order valence-electron chi connectivity index (χ0n) is 14.1. The summed E-state index contributed by atoms with van der Waals surface area (Å²) in [4.78, 5) is 14.4. The van der Waals surface area contributed by atoms with Gasteiger partial charge in [0.2, 0.25) is 0 Å². The highest BCUT2D eigenvalue weighted by atomic mass is 32.2. The predicted molar refractivity (Wildman–Crippen MR) is 91.7 cm³/mol. The standard InChI is InChI=1S/C17H18N2O6S/c1-23-12-4-2-3-11(7-12)15-8-13(18-25-15)17(20)19-5-6-24-16-10-26(21,22)9-14(16)19/h2-4,7-8,14,16H,5-6,9-10H2,1H3. The second kappa shape index (κ2) is 6.40. The average molecular weight is 378 g/mol. The molecule has 2 aromatic rings. The number of methoxy groups -OCH3 is 1. The van der Waals surface area contributed by atoms with E-state index in [2.05, 4.69) is 5.16 Å². The molecular formula is C17H18N2O6S. The Labute approximate surface area is 150 Å². The van der Waals surface area contributed by atoms with Crippen LogP contribution >= 0.6 is 0 Å². The van der Waals surface area contributed by atoms with Crippen LogP contribution in [0.1, 0.15) is 10.5 Å². The van der Waals surface area contributed by atoms with Crippen LogP contribution in [-0.2, 0) is 14.6 Å². The smallest absolute Gasteiger partial charge is 0.276 e. The molecule has 0 spiro atoms. The van der Waals surface area contributed by atoms with Crippen molar-refractivity contribution in [3.63, 3.8) is 0 Å². The van der Waals surface area contributed by atoms with Crippen LogP contribution in [0.25, 0.3) is 11.3 Å². The van der Waals surface area contributed by atoms with E-state index in [0.717, 1.165) is 5.56 Å². The summed E-state index contributed by atoms with van der Waals surface area (Å²) in [5.74, 6) is 0.632. The molecule has 138 valence electrons. The topological polar surface area (TPSA) is 98.9 Å². The molecule has 2 fully saturated rings. The molecule has 2 aliphatic heterocycles. The summed E-state index contributed by atoms with van der Waals surface area (Å²) < 4.78 is 39.8. The van der Waals surface area contributed by atoms with Crippen molar-refractivity contribution in [2.45, 2.75) is 12.1 Å². The van der Waals surface area contributed by atoms with Gasteiger partial charge < -0.3 is 18.9 Å². The van der Waals surface area contributed by atoms with Crippen LogP contribution in [0.2, 0.25) is 0 Å². The van der Waals surface area contributed by atoms with Gasteiger partial charge in [0.25, 0.3) is 5.91 Å². The Morgan fingerprint density at radius 3 is 2.96 bits per heavy atom. The summed E-state index contributed by atoms with van der Waals surface area (Å²) in [5, 5.41) is 3.88. The average Bonchev–Trinajstić information content (AvgIpc) is 3.23. The molecule has 2 saturated heterocycles. The van der Waals surface area contributed by atoms with Gasteiger partial charge in [-0.25, -0.2) is 8.42 Å². The van der Waals surface area contributed by atoms with E-state index in [-0.39, 0.29) is 23.1 Å². The highest BCUT2D eigenvalue weighted by Crippen LogP contribution is 2.28. The van der Waals surface area contributed by atoms with Crippen molar-refractivity contribution in [1.29, 1.82) is 0 Å². The zero-order valence-corrected chi connectivity index (χ0v) is 14.9. The van der Waals surface area contributed by atoms with E-state index >= 15 is 0 Å². The Balaban J connectivity index is 1.58. The molecule has 1 aromatic carbocycles. The van der Waals surface area contributed by atoms with Crippen molar-refractivity contribution in [2.24, 2.45) is 0 Å².